The first-order valence-corrected chi connectivity index (χ1v) is 26.0. The van der Waals surface area contributed by atoms with Crippen molar-refractivity contribution in [3.8, 4) is 11.6 Å². The number of carboxylic acid groups (broad SMARTS) is 1. The molecule has 6 aliphatic rings. The fraction of sp³-hybridized carbons (Fsp3) is 0.578. The number of aromatic nitrogens is 1. The number of likely N-dealkylation sites (tertiary alicyclic amines) is 1. The summed E-state index contributed by atoms with van der Waals surface area (Å²) < 4.78 is 39.4. The zero-order valence-electron chi connectivity index (χ0n) is 35.3. The second-order valence-corrected chi connectivity index (χ2v) is 23.4. The number of carbonyl (C=O) groups is 4. The molecule has 2 aromatic rings. The molecule has 0 radical (unpaired) electrons. The average molecular weight is 986 g/mol. The first kappa shape index (κ1) is 44.4. The Hall–Kier alpha value is -4.23. The number of benzene rings is 1. The number of halogens is 1. The molecule has 5 heterocycles. The molecule has 0 spiro atoms. The number of nitrogens with one attached hydrogen (secondary N) is 3. The van der Waals surface area contributed by atoms with Gasteiger partial charge >= 0.3 is 301 Å². The van der Waals surface area contributed by atoms with Gasteiger partial charge in [0.15, 0.2) is 0 Å². The van der Waals surface area contributed by atoms with Gasteiger partial charge in [0.1, 0.15) is 0 Å². The molecule has 15 nitrogen and oxygen atoms in total. The number of para-hydroxylation sites is 1. The van der Waals surface area contributed by atoms with Crippen molar-refractivity contribution in [1.29, 1.82) is 0 Å². The topological polar surface area (TPSA) is 197 Å². The third kappa shape index (κ3) is 10.2. The Bertz CT molecular complexity index is 2250. The number of amides is 4. The molecule has 4 N–H and O–H groups in total. The fourth-order valence-electron chi connectivity index (χ4n) is 8.53. The van der Waals surface area contributed by atoms with Gasteiger partial charge in [0, 0.05) is 6.54 Å². The molecule has 0 bridgehead atoms. The predicted molar refractivity (Wildman–Crippen MR) is 230 cm³/mol. The molecule has 1 aromatic carbocycles. The molecular weight excluding hydrogens is 927 g/mol. The third-order valence-electron chi connectivity index (χ3n) is 12.8. The number of ether oxygens (including phenoxy) is 2. The van der Waals surface area contributed by atoms with E-state index in [4.69, 9.17) is 14.5 Å². The van der Waals surface area contributed by atoms with E-state index in [1.165, 1.54) is 23.3 Å². The molecule has 4 amide bonds. The normalized spacial score (nSPS) is 28.1. The van der Waals surface area contributed by atoms with Crippen molar-refractivity contribution in [3.63, 3.8) is 0 Å². The molecule has 5 atom stereocenters. The van der Waals surface area contributed by atoms with Crippen LogP contribution in [0.1, 0.15) is 102 Å². The number of allylic oxidation sites excluding steroid dienone is 4. The molecule has 62 heavy (non-hydrogen) atoms. The van der Waals surface area contributed by atoms with Crippen molar-refractivity contribution < 1.29 is 63.4 Å². The minimum atomic E-state index is -4.00. The van der Waals surface area contributed by atoms with Crippen molar-refractivity contribution in [2.75, 3.05) is 32.8 Å². The van der Waals surface area contributed by atoms with E-state index in [0.717, 1.165) is 63.5 Å². The van der Waals surface area contributed by atoms with Crippen molar-refractivity contribution >= 4 is 50.8 Å². The number of hydrogen-bond acceptors (Lipinski definition) is 10. The molecule has 2 aliphatic carbocycles. The molecule has 0 unspecified atom stereocenters. The van der Waals surface area contributed by atoms with Crippen molar-refractivity contribution in [3.05, 3.63) is 59.7 Å². The number of pyridine rings is 1. The summed E-state index contributed by atoms with van der Waals surface area (Å²) in [6, 6.07) is 5.42. The van der Waals surface area contributed by atoms with Crippen LogP contribution in [0, 0.1) is 0 Å². The van der Waals surface area contributed by atoms with Crippen LogP contribution < -0.4 is 46.0 Å². The van der Waals surface area contributed by atoms with Crippen LogP contribution in [0.4, 0.5) is 4.79 Å². The second kappa shape index (κ2) is 18.9. The van der Waals surface area contributed by atoms with Crippen LogP contribution in [0.25, 0.3) is 17.0 Å². The van der Waals surface area contributed by atoms with E-state index in [2.05, 4.69) is 32.4 Å². The van der Waals surface area contributed by atoms with Gasteiger partial charge in [0.25, 0.3) is 0 Å². The first-order valence-electron chi connectivity index (χ1n) is 22.1. The Kier molecular flexibility index (Phi) is 13.5. The summed E-state index contributed by atoms with van der Waals surface area (Å²) in [4.78, 5) is 63.8. The summed E-state index contributed by atoms with van der Waals surface area (Å²) >= 11 is -1.06. The van der Waals surface area contributed by atoms with Crippen molar-refractivity contribution in [1.82, 2.24) is 30.1 Å². The summed E-state index contributed by atoms with van der Waals surface area (Å²) in [6.45, 7) is 4.84. The number of alkyl halides is 2. The van der Waals surface area contributed by atoms with Crippen LogP contribution >= 0.6 is 0 Å². The van der Waals surface area contributed by atoms with E-state index in [9.17, 15) is 32.7 Å². The Morgan fingerprint density at radius 2 is 1.87 bits per heavy atom. The number of rotatable bonds is 14. The van der Waals surface area contributed by atoms with Crippen LogP contribution in [0.5, 0.6) is 11.6 Å². The molecule has 5 fully saturated rings. The molecular formula is C45H58IN6O9S-. The number of unbranched alkanes of at least 4 members (excludes halogenated alkanes) is 1. The molecule has 336 valence electrons. The van der Waals surface area contributed by atoms with Crippen molar-refractivity contribution in [2.24, 2.45) is 0 Å². The quantitative estimate of drug-likeness (QED) is 0.0711. The van der Waals surface area contributed by atoms with Crippen LogP contribution in [-0.4, -0.2) is 115 Å². The summed E-state index contributed by atoms with van der Waals surface area (Å²) in [5.41, 5.74) is 2.78. The first-order chi connectivity index (χ1) is 29.9. The number of fused-ring (bicyclic) bond motifs is 3. The number of carbonyl (C=O) groups excluding carboxylic acids is 3. The van der Waals surface area contributed by atoms with Gasteiger partial charge in [-0.25, -0.2) is 0 Å². The van der Waals surface area contributed by atoms with Gasteiger partial charge in [-0.1, -0.05) is 17.7 Å². The predicted octanol–water partition coefficient (Wildman–Crippen LogP) is 2.01. The van der Waals surface area contributed by atoms with Crippen LogP contribution in [0.2, 0.25) is 0 Å². The Morgan fingerprint density at radius 1 is 1.08 bits per heavy atom. The minimum absolute atomic E-state index is 0.0145. The summed E-state index contributed by atoms with van der Waals surface area (Å²) in [5.74, 6) is -1.04. The van der Waals surface area contributed by atoms with Crippen LogP contribution in [-0.2, 0) is 24.4 Å². The van der Waals surface area contributed by atoms with E-state index >= 15 is 0 Å². The maximum absolute atomic E-state index is 14.6. The third-order valence-corrected chi connectivity index (χ3v) is 18.7. The zero-order valence-corrected chi connectivity index (χ0v) is 38.3. The molecule has 8 rings (SSSR count). The van der Waals surface area contributed by atoms with Gasteiger partial charge < -0.3 is 0 Å². The standard InChI is InChI=1S/C45H58IN6O9S/c1-44(22-23-44)62(58,59)50-42(55)45-37(46-45)19-9-4-2-3-8-18-35(48-43(56)57)41(54)52-29-31(28-36(52)39(53)49-45)61-40-33(16-7-5-6-14-30-20-21-30)38(32-15-10-11-17-34(32)47-40)60-27-26-51-24-12-13-25-51/h7,9-11,14-17,19,31,35-37,48H,2-6,8,12-13,18,20-29H2,1H3,(H,49,53)(H,50,55)(H,56,57)/q-1/b16-7+,19-9-/t31-,35+,36+,37+,45-/m1/s1. The summed E-state index contributed by atoms with van der Waals surface area (Å²) in [5, 5.41) is 16.0. The molecule has 1 aromatic heterocycles. The Morgan fingerprint density at radius 3 is 2.63 bits per heavy atom. The van der Waals surface area contributed by atoms with E-state index < -0.39 is 81.5 Å². The number of hydrogen-bond donors (Lipinski definition) is 4. The SMILES string of the molecule is CC1(S(=O)(=O)NC(=O)[C@]23NC(=O)[C@@H]4C[C@@H](Oc5nc6ccccc6c(OCCN6CCCC6)c5/C=C/CCC=C5CC5)CN4C(=O)[C@@H](NC(=O)O)CCCCC/C=C\[C@@H]2[I-]3)CC1. The van der Waals surface area contributed by atoms with E-state index in [1.807, 2.05) is 42.5 Å². The van der Waals surface area contributed by atoms with Crippen LogP contribution in [0.15, 0.2) is 54.1 Å². The monoisotopic (exact) mass is 985 g/mol. The van der Waals surface area contributed by atoms with Gasteiger partial charge in [0.05, 0.1) is 0 Å². The van der Waals surface area contributed by atoms with Gasteiger partial charge in [-0.2, -0.15) is 0 Å². The van der Waals surface area contributed by atoms with Crippen molar-refractivity contribution in [2.45, 2.75) is 127 Å². The molecule has 4 aliphatic heterocycles. The van der Waals surface area contributed by atoms with Gasteiger partial charge in [-0.15, -0.1) is 0 Å². The Labute approximate surface area is 373 Å². The van der Waals surface area contributed by atoms with Gasteiger partial charge in [-0.3, -0.25) is 4.90 Å². The van der Waals surface area contributed by atoms with Crippen LogP contribution in [0.3, 0.4) is 0 Å². The maximum atomic E-state index is 14.6. The number of sulfonamides is 1. The molecule has 2 saturated carbocycles. The number of nitrogens with zero attached hydrogens (tertiary/aromatic N) is 3. The Balaban J connectivity index is 1.11. The fourth-order valence-corrected chi connectivity index (χ4v) is 12.9. The zero-order chi connectivity index (χ0) is 43.5. The average Bonchev–Trinajstić information content (AvgIpc) is 4.20. The summed E-state index contributed by atoms with van der Waals surface area (Å²) in [7, 11) is -4.00. The molecule has 17 heteroatoms. The molecule has 3 saturated heterocycles. The van der Waals surface area contributed by atoms with Gasteiger partial charge in [-0.05, 0) is 45.2 Å². The second-order valence-electron chi connectivity index (χ2n) is 17.6. The van der Waals surface area contributed by atoms with E-state index in [0.29, 0.717) is 49.1 Å². The van der Waals surface area contributed by atoms with E-state index in [-0.39, 0.29) is 29.2 Å². The summed E-state index contributed by atoms with van der Waals surface area (Å²) in [6.07, 6.45) is 18.3. The van der Waals surface area contributed by atoms with E-state index in [1.54, 1.807) is 6.92 Å². The van der Waals surface area contributed by atoms with Gasteiger partial charge in [0.2, 0.25) is 0 Å².